The Hall–Kier alpha value is -2.90. The van der Waals surface area contributed by atoms with Crippen LogP contribution in [0.5, 0.6) is 0 Å². The van der Waals surface area contributed by atoms with E-state index < -0.39 is 12.1 Å². The summed E-state index contributed by atoms with van der Waals surface area (Å²) in [6, 6.07) is 4.22. The lowest BCUT2D eigenvalue weighted by Crippen LogP contribution is -2.48. The molecule has 0 radical (unpaired) electrons. The SMILES string of the molecule is CC(=O)CN(C(C)=O)c1ccc2c(c1)[C@H](N(C(=O)O)C(C)C)C[C@H](C)N2C(C)=O. The fourth-order valence-electron chi connectivity index (χ4n) is 4.05. The summed E-state index contributed by atoms with van der Waals surface area (Å²) < 4.78 is 0. The number of carbonyl (C=O) groups is 4. The number of rotatable bonds is 5. The van der Waals surface area contributed by atoms with Crippen molar-refractivity contribution in [2.75, 3.05) is 16.3 Å². The summed E-state index contributed by atoms with van der Waals surface area (Å²) in [6.45, 7) is 9.68. The fourth-order valence-corrected chi connectivity index (χ4v) is 4.05. The molecule has 0 saturated carbocycles. The van der Waals surface area contributed by atoms with Gasteiger partial charge in [-0.2, -0.15) is 0 Å². The first-order chi connectivity index (χ1) is 13.5. The minimum Gasteiger partial charge on any atom is -0.465 e. The average Bonchev–Trinajstić information content (AvgIpc) is 2.58. The zero-order valence-corrected chi connectivity index (χ0v) is 17.8. The molecular formula is C21H29N3O5. The molecule has 1 aromatic rings. The van der Waals surface area contributed by atoms with E-state index in [1.54, 1.807) is 36.9 Å². The molecule has 0 aromatic heterocycles. The first kappa shape index (κ1) is 22.4. The minimum atomic E-state index is -1.04. The van der Waals surface area contributed by atoms with Crippen LogP contribution in [0.2, 0.25) is 0 Å². The van der Waals surface area contributed by atoms with Crippen LogP contribution in [0.3, 0.4) is 0 Å². The molecule has 1 aliphatic heterocycles. The van der Waals surface area contributed by atoms with Gasteiger partial charge in [0.05, 0.1) is 12.6 Å². The third-order valence-corrected chi connectivity index (χ3v) is 5.16. The molecule has 1 N–H and O–H groups in total. The molecule has 1 aromatic carbocycles. The van der Waals surface area contributed by atoms with Crippen molar-refractivity contribution >= 4 is 35.1 Å². The smallest absolute Gasteiger partial charge is 0.408 e. The monoisotopic (exact) mass is 403 g/mol. The normalized spacial score (nSPS) is 18.2. The van der Waals surface area contributed by atoms with E-state index in [0.29, 0.717) is 23.4 Å². The zero-order chi connectivity index (χ0) is 22.0. The molecule has 1 heterocycles. The lowest BCUT2D eigenvalue weighted by molar-refractivity contribution is -0.120. The number of Topliss-reactive ketones (excluding diaryl/α,β-unsaturated/α-hetero) is 1. The van der Waals surface area contributed by atoms with Gasteiger partial charge in [0.1, 0.15) is 5.78 Å². The number of fused-ring (bicyclic) bond motifs is 1. The number of benzene rings is 1. The Labute approximate surface area is 171 Å². The lowest BCUT2D eigenvalue weighted by atomic mass is 9.89. The highest BCUT2D eigenvalue weighted by Gasteiger charge is 2.38. The zero-order valence-electron chi connectivity index (χ0n) is 17.8. The summed E-state index contributed by atoms with van der Waals surface area (Å²) in [7, 11) is 0. The number of hydrogen-bond donors (Lipinski definition) is 1. The third-order valence-electron chi connectivity index (χ3n) is 5.16. The van der Waals surface area contributed by atoms with E-state index in [-0.39, 0.29) is 36.2 Å². The molecule has 0 saturated heterocycles. The molecule has 0 aliphatic carbocycles. The summed E-state index contributed by atoms with van der Waals surface area (Å²) in [6.07, 6.45) is -0.607. The van der Waals surface area contributed by atoms with Crippen LogP contribution in [-0.2, 0) is 14.4 Å². The molecule has 2 rings (SSSR count). The fraction of sp³-hybridized carbons (Fsp3) is 0.524. The molecule has 0 fully saturated rings. The van der Waals surface area contributed by atoms with Gasteiger partial charge in [0, 0.05) is 42.9 Å². The van der Waals surface area contributed by atoms with Crippen molar-refractivity contribution in [3.63, 3.8) is 0 Å². The van der Waals surface area contributed by atoms with E-state index in [1.165, 1.54) is 30.6 Å². The number of hydrogen-bond acceptors (Lipinski definition) is 4. The quantitative estimate of drug-likeness (QED) is 0.814. The van der Waals surface area contributed by atoms with Crippen molar-refractivity contribution in [3.8, 4) is 0 Å². The average molecular weight is 403 g/mol. The Morgan fingerprint density at radius 2 is 1.79 bits per heavy atom. The van der Waals surface area contributed by atoms with E-state index in [1.807, 2.05) is 6.92 Å². The van der Waals surface area contributed by atoms with Crippen LogP contribution in [0.4, 0.5) is 16.2 Å². The Morgan fingerprint density at radius 1 is 1.17 bits per heavy atom. The predicted molar refractivity (Wildman–Crippen MR) is 110 cm³/mol. The van der Waals surface area contributed by atoms with Gasteiger partial charge in [-0.1, -0.05) is 0 Å². The number of carboxylic acid groups (broad SMARTS) is 1. The maximum atomic E-state index is 12.3. The molecule has 29 heavy (non-hydrogen) atoms. The van der Waals surface area contributed by atoms with Crippen molar-refractivity contribution in [2.45, 2.75) is 66.1 Å². The maximum absolute atomic E-state index is 12.3. The second-order valence-corrected chi connectivity index (χ2v) is 7.82. The highest BCUT2D eigenvalue weighted by molar-refractivity contribution is 5.99. The molecule has 8 nitrogen and oxygen atoms in total. The highest BCUT2D eigenvalue weighted by atomic mass is 16.4. The molecular weight excluding hydrogens is 374 g/mol. The van der Waals surface area contributed by atoms with Crippen molar-refractivity contribution in [2.24, 2.45) is 0 Å². The Balaban J connectivity index is 2.68. The number of carbonyl (C=O) groups excluding carboxylic acids is 3. The van der Waals surface area contributed by atoms with Gasteiger partial charge in [0.15, 0.2) is 0 Å². The van der Waals surface area contributed by atoms with E-state index in [9.17, 15) is 24.3 Å². The molecule has 0 spiro atoms. The number of amides is 3. The largest absolute Gasteiger partial charge is 0.465 e. The molecule has 0 bridgehead atoms. The predicted octanol–water partition coefficient (Wildman–Crippen LogP) is 3.20. The van der Waals surface area contributed by atoms with Gasteiger partial charge in [-0.15, -0.1) is 0 Å². The Bertz CT molecular complexity index is 836. The van der Waals surface area contributed by atoms with Crippen LogP contribution < -0.4 is 9.80 Å². The lowest BCUT2D eigenvalue weighted by Gasteiger charge is -2.44. The standard InChI is InChI=1S/C21H29N3O5/c1-12(2)23(21(28)29)20-9-13(3)24(16(6)27)19-8-7-17(10-18(19)20)22(15(5)26)11-14(4)25/h7-8,10,12-13,20H,9,11H2,1-6H3,(H,28,29)/t13-,20+/m0/s1. The van der Waals surface area contributed by atoms with Gasteiger partial charge in [0.25, 0.3) is 0 Å². The summed E-state index contributed by atoms with van der Waals surface area (Å²) in [4.78, 5) is 52.4. The van der Waals surface area contributed by atoms with Crippen LogP contribution >= 0.6 is 0 Å². The van der Waals surface area contributed by atoms with Gasteiger partial charge < -0.3 is 14.9 Å². The van der Waals surface area contributed by atoms with Gasteiger partial charge in [-0.3, -0.25) is 19.3 Å². The summed E-state index contributed by atoms with van der Waals surface area (Å²) in [5, 5.41) is 9.80. The van der Waals surface area contributed by atoms with E-state index in [0.717, 1.165) is 0 Å². The molecule has 1 aliphatic rings. The van der Waals surface area contributed by atoms with Crippen molar-refractivity contribution < 1.29 is 24.3 Å². The van der Waals surface area contributed by atoms with Crippen LogP contribution in [0.15, 0.2) is 18.2 Å². The summed E-state index contributed by atoms with van der Waals surface area (Å²) in [5.74, 6) is -0.588. The molecule has 8 heteroatoms. The van der Waals surface area contributed by atoms with Gasteiger partial charge >= 0.3 is 6.09 Å². The number of nitrogens with zero attached hydrogens (tertiary/aromatic N) is 3. The summed E-state index contributed by atoms with van der Waals surface area (Å²) >= 11 is 0. The van der Waals surface area contributed by atoms with E-state index >= 15 is 0 Å². The molecule has 3 amide bonds. The first-order valence-electron chi connectivity index (χ1n) is 9.68. The second kappa shape index (κ2) is 8.63. The molecule has 158 valence electrons. The van der Waals surface area contributed by atoms with Crippen molar-refractivity contribution in [3.05, 3.63) is 23.8 Å². The van der Waals surface area contributed by atoms with Crippen LogP contribution in [0, 0.1) is 0 Å². The molecule has 2 atom stereocenters. The van der Waals surface area contributed by atoms with Crippen molar-refractivity contribution in [1.82, 2.24) is 4.90 Å². The van der Waals surface area contributed by atoms with Gasteiger partial charge in [-0.05, 0) is 52.3 Å². The van der Waals surface area contributed by atoms with Crippen LogP contribution in [-0.4, -0.2) is 52.3 Å². The number of anilines is 2. The van der Waals surface area contributed by atoms with Crippen molar-refractivity contribution in [1.29, 1.82) is 0 Å². The topological polar surface area (TPSA) is 98.2 Å². The van der Waals surface area contributed by atoms with Gasteiger partial charge in [-0.25, -0.2) is 4.79 Å². The number of ketones is 1. The summed E-state index contributed by atoms with van der Waals surface area (Å²) in [5.41, 5.74) is 1.79. The molecule has 0 unspecified atom stereocenters. The Morgan fingerprint density at radius 3 is 2.24 bits per heavy atom. The Kier molecular flexibility index (Phi) is 6.66. The minimum absolute atomic E-state index is 0.0710. The first-order valence-corrected chi connectivity index (χ1v) is 9.68. The van der Waals surface area contributed by atoms with E-state index in [2.05, 4.69) is 0 Å². The van der Waals surface area contributed by atoms with Crippen LogP contribution in [0.25, 0.3) is 0 Å². The van der Waals surface area contributed by atoms with E-state index in [4.69, 9.17) is 0 Å². The third kappa shape index (κ3) is 4.58. The van der Waals surface area contributed by atoms with Crippen LogP contribution in [0.1, 0.15) is 59.6 Å². The van der Waals surface area contributed by atoms with Gasteiger partial charge in [0.2, 0.25) is 11.8 Å². The highest BCUT2D eigenvalue weighted by Crippen LogP contribution is 2.43. The second-order valence-electron chi connectivity index (χ2n) is 7.82. The maximum Gasteiger partial charge on any atom is 0.408 e.